The van der Waals surface area contributed by atoms with Crippen LogP contribution >= 0.6 is 11.6 Å². The molecule has 2 nitrogen and oxygen atoms in total. The summed E-state index contributed by atoms with van der Waals surface area (Å²) in [5.41, 5.74) is -0.989. The Balaban J connectivity index is 2.27. The van der Waals surface area contributed by atoms with Crippen LogP contribution in [0.25, 0.3) is 6.08 Å². The van der Waals surface area contributed by atoms with Crippen molar-refractivity contribution in [3.63, 3.8) is 0 Å². The van der Waals surface area contributed by atoms with Crippen LogP contribution in [-0.4, -0.2) is 5.91 Å². The molecule has 0 spiro atoms. The summed E-state index contributed by atoms with van der Waals surface area (Å²) in [5.74, 6) is -11.9. The maximum Gasteiger partial charge on any atom is 0.248 e. The predicted octanol–water partition coefficient (Wildman–Crippen LogP) is 4.69. The number of amides is 1. The Morgan fingerprint density at radius 1 is 0.913 bits per heavy atom. The second-order valence-corrected chi connectivity index (χ2v) is 4.70. The van der Waals surface area contributed by atoms with Gasteiger partial charge in [0.25, 0.3) is 0 Å². The molecule has 1 N–H and O–H groups in total. The largest absolute Gasteiger partial charge is 0.317 e. The molecule has 23 heavy (non-hydrogen) atoms. The number of hydrogen-bond acceptors (Lipinski definition) is 1. The Morgan fingerprint density at radius 2 is 1.43 bits per heavy atom. The summed E-state index contributed by atoms with van der Waals surface area (Å²) in [5, 5.41) is 1.92. The standard InChI is InChI=1S/C15H7ClF5NO/c16-8-4-2-1-3-7(8)5-6-9(23)22-15-13(20)11(18)10(17)12(19)14(15)21/h1-6H,(H,22,23). The molecule has 0 atom stereocenters. The van der Waals surface area contributed by atoms with Crippen molar-refractivity contribution in [3.8, 4) is 0 Å². The molecule has 0 aliphatic heterocycles. The lowest BCUT2D eigenvalue weighted by molar-refractivity contribution is -0.111. The summed E-state index contributed by atoms with van der Waals surface area (Å²) in [6.07, 6.45) is 2.07. The fraction of sp³-hybridized carbons (Fsp3) is 0. The van der Waals surface area contributed by atoms with Gasteiger partial charge in [0.1, 0.15) is 5.69 Å². The third kappa shape index (κ3) is 3.50. The molecule has 120 valence electrons. The minimum atomic E-state index is -2.30. The summed E-state index contributed by atoms with van der Waals surface area (Å²) in [7, 11) is 0. The van der Waals surface area contributed by atoms with Crippen LogP contribution in [-0.2, 0) is 4.79 Å². The lowest BCUT2D eigenvalue weighted by atomic mass is 10.2. The monoisotopic (exact) mass is 347 g/mol. The smallest absolute Gasteiger partial charge is 0.248 e. The molecule has 0 heterocycles. The quantitative estimate of drug-likeness (QED) is 0.371. The lowest BCUT2D eigenvalue weighted by Crippen LogP contribution is -2.14. The van der Waals surface area contributed by atoms with Crippen molar-refractivity contribution >= 4 is 29.3 Å². The van der Waals surface area contributed by atoms with Crippen LogP contribution < -0.4 is 5.32 Å². The minimum Gasteiger partial charge on any atom is -0.317 e. The number of hydrogen-bond donors (Lipinski definition) is 1. The molecule has 0 fully saturated rings. The van der Waals surface area contributed by atoms with Crippen molar-refractivity contribution in [1.82, 2.24) is 0 Å². The van der Waals surface area contributed by atoms with Gasteiger partial charge in [-0.25, -0.2) is 22.0 Å². The molecular formula is C15H7ClF5NO. The van der Waals surface area contributed by atoms with E-state index in [-0.39, 0.29) is 0 Å². The van der Waals surface area contributed by atoms with Crippen molar-refractivity contribution in [2.45, 2.75) is 0 Å². The molecule has 0 aromatic heterocycles. The van der Waals surface area contributed by atoms with E-state index in [0.29, 0.717) is 10.6 Å². The molecule has 1 amide bonds. The first-order valence-electron chi connectivity index (χ1n) is 6.08. The molecule has 8 heteroatoms. The Labute approximate surface area is 132 Å². The second kappa shape index (κ2) is 6.78. The second-order valence-electron chi connectivity index (χ2n) is 4.29. The first kappa shape index (κ1) is 17.0. The molecule has 0 bridgehead atoms. The first-order chi connectivity index (χ1) is 10.8. The summed E-state index contributed by atoms with van der Waals surface area (Å²) in [6, 6.07) is 6.38. The highest BCUT2D eigenvalue weighted by Gasteiger charge is 2.26. The van der Waals surface area contributed by atoms with E-state index >= 15 is 0 Å². The molecule has 0 saturated heterocycles. The Kier molecular flexibility index (Phi) is 5.00. The van der Waals surface area contributed by atoms with Crippen molar-refractivity contribution in [2.75, 3.05) is 5.32 Å². The molecule has 2 rings (SSSR count). The fourth-order valence-corrected chi connectivity index (χ4v) is 1.85. The van der Waals surface area contributed by atoms with E-state index in [1.54, 1.807) is 29.6 Å². The topological polar surface area (TPSA) is 29.1 Å². The molecule has 0 aliphatic rings. The number of nitrogens with one attached hydrogen (secondary N) is 1. The maximum atomic E-state index is 13.4. The van der Waals surface area contributed by atoms with Crippen molar-refractivity contribution < 1.29 is 26.7 Å². The Morgan fingerprint density at radius 3 is 2.00 bits per heavy atom. The van der Waals surface area contributed by atoms with Crippen LogP contribution in [0.5, 0.6) is 0 Å². The Hall–Kier alpha value is -2.41. The van der Waals surface area contributed by atoms with Crippen LogP contribution in [0.2, 0.25) is 5.02 Å². The van der Waals surface area contributed by atoms with E-state index < -0.39 is 40.7 Å². The van der Waals surface area contributed by atoms with Gasteiger partial charge in [-0.1, -0.05) is 29.8 Å². The summed E-state index contributed by atoms with van der Waals surface area (Å²) in [4.78, 5) is 11.6. The maximum absolute atomic E-state index is 13.4. The van der Waals surface area contributed by atoms with Crippen LogP contribution in [0.4, 0.5) is 27.6 Å². The van der Waals surface area contributed by atoms with E-state index in [9.17, 15) is 26.7 Å². The lowest BCUT2D eigenvalue weighted by Gasteiger charge is -2.08. The molecule has 0 unspecified atom stereocenters. The van der Waals surface area contributed by atoms with Gasteiger partial charge in [-0.15, -0.1) is 0 Å². The van der Waals surface area contributed by atoms with Gasteiger partial charge in [0, 0.05) is 11.1 Å². The molecule has 0 aliphatic carbocycles. The minimum absolute atomic E-state index is 0.313. The number of benzene rings is 2. The van der Waals surface area contributed by atoms with Gasteiger partial charge >= 0.3 is 0 Å². The average molecular weight is 348 g/mol. The van der Waals surface area contributed by atoms with Crippen LogP contribution in [0.3, 0.4) is 0 Å². The van der Waals surface area contributed by atoms with Gasteiger partial charge in [-0.3, -0.25) is 4.79 Å². The van der Waals surface area contributed by atoms with Crippen molar-refractivity contribution in [3.05, 3.63) is 70.0 Å². The third-order valence-electron chi connectivity index (χ3n) is 2.78. The van der Waals surface area contributed by atoms with Gasteiger partial charge < -0.3 is 5.32 Å². The molecule has 2 aromatic carbocycles. The van der Waals surface area contributed by atoms with Crippen LogP contribution in [0, 0.1) is 29.1 Å². The predicted molar refractivity (Wildman–Crippen MR) is 75.3 cm³/mol. The zero-order chi connectivity index (χ0) is 17.1. The van der Waals surface area contributed by atoms with E-state index in [2.05, 4.69) is 0 Å². The number of halogens is 6. The number of rotatable bonds is 3. The first-order valence-corrected chi connectivity index (χ1v) is 6.45. The van der Waals surface area contributed by atoms with Crippen LogP contribution in [0.15, 0.2) is 30.3 Å². The highest BCUT2D eigenvalue weighted by atomic mass is 35.5. The zero-order valence-corrected chi connectivity index (χ0v) is 11.9. The van der Waals surface area contributed by atoms with E-state index in [4.69, 9.17) is 11.6 Å². The highest BCUT2D eigenvalue weighted by molar-refractivity contribution is 6.32. The van der Waals surface area contributed by atoms with Gasteiger partial charge in [-0.05, 0) is 17.7 Å². The number of carbonyl (C=O) groups excluding carboxylic acids is 1. The molecule has 0 saturated carbocycles. The van der Waals surface area contributed by atoms with E-state index in [0.717, 1.165) is 6.08 Å². The molecule has 0 radical (unpaired) electrons. The van der Waals surface area contributed by atoms with Crippen molar-refractivity contribution in [2.24, 2.45) is 0 Å². The van der Waals surface area contributed by atoms with Gasteiger partial charge in [0.15, 0.2) is 23.3 Å². The summed E-state index contributed by atoms with van der Waals surface area (Å²) in [6.45, 7) is 0. The Bertz CT molecular complexity index is 778. The van der Waals surface area contributed by atoms with E-state index in [1.165, 1.54) is 6.08 Å². The number of carbonyl (C=O) groups is 1. The highest BCUT2D eigenvalue weighted by Crippen LogP contribution is 2.27. The van der Waals surface area contributed by atoms with Gasteiger partial charge in [0.2, 0.25) is 11.7 Å². The van der Waals surface area contributed by atoms with Gasteiger partial charge in [-0.2, -0.15) is 0 Å². The fourth-order valence-electron chi connectivity index (χ4n) is 1.66. The molecule has 2 aromatic rings. The SMILES string of the molecule is O=C(C=Cc1ccccc1Cl)Nc1c(F)c(F)c(F)c(F)c1F. The van der Waals surface area contributed by atoms with Gasteiger partial charge in [0.05, 0.1) is 0 Å². The zero-order valence-electron chi connectivity index (χ0n) is 11.1. The normalized spacial score (nSPS) is 11.0. The summed E-state index contributed by atoms with van der Waals surface area (Å²) >= 11 is 5.83. The average Bonchev–Trinajstić information content (AvgIpc) is 2.54. The van der Waals surface area contributed by atoms with Crippen molar-refractivity contribution in [1.29, 1.82) is 0 Å². The third-order valence-corrected chi connectivity index (χ3v) is 3.12. The van der Waals surface area contributed by atoms with Crippen LogP contribution in [0.1, 0.15) is 5.56 Å². The summed E-state index contributed by atoms with van der Waals surface area (Å²) < 4.78 is 65.7. The number of anilines is 1. The van der Waals surface area contributed by atoms with E-state index in [1.807, 2.05) is 0 Å². The molecular weight excluding hydrogens is 341 g/mol.